The molecule has 1 unspecified atom stereocenters. The Bertz CT molecular complexity index is 1250. The smallest absolute Gasteiger partial charge is 0.272 e. The lowest BCUT2D eigenvalue weighted by atomic mass is 10.1. The molecule has 1 saturated heterocycles. The summed E-state index contributed by atoms with van der Waals surface area (Å²) >= 11 is 0. The molecule has 2 amide bonds. The first kappa shape index (κ1) is 25.8. The van der Waals surface area contributed by atoms with E-state index in [1.807, 2.05) is 30.8 Å². The van der Waals surface area contributed by atoms with Gasteiger partial charge in [0.1, 0.15) is 11.5 Å². The van der Waals surface area contributed by atoms with E-state index in [0.717, 1.165) is 37.9 Å². The van der Waals surface area contributed by atoms with Crippen molar-refractivity contribution in [3.05, 3.63) is 53.1 Å². The third-order valence-electron chi connectivity index (χ3n) is 6.75. The van der Waals surface area contributed by atoms with Crippen molar-refractivity contribution in [1.82, 2.24) is 29.7 Å². The molecule has 4 rings (SSSR count). The summed E-state index contributed by atoms with van der Waals surface area (Å²) in [5.74, 6) is -0.926. The summed E-state index contributed by atoms with van der Waals surface area (Å²) in [6.45, 7) is 5.99. The number of aryl methyl sites for hydroxylation is 1. The first-order chi connectivity index (χ1) is 17.3. The Kier molecular flexibility index (Phi) is 7.98. The number of aromatic nitrogens is 3. The third kappa shape index (κ3) is 5.56. The summed E-state index contributed by atoms with van der Waals surface area (Å²) in [6.07, 6.45) is 4.90. The van der Waals surface area contributed by atoms with E-state index in [1.54, 1.807) is 28.8 Å². The maximum Gasteiger partial charge on any atom is 0.272 e. The van der Waals surface area contributed by atoms with E-state index in [9.17, 15) is 9.59 Å². The topological polar surface area (TPSA) is 82.8 Å². The standard InChI is InChI=1S/C27H35FN6O2/c1-5-20-16-24(27(36)33-13-8-6-7-9-18(33)2)30-25-17-23(31-34(20)25)21-11-10-19(15-22(21)28)26(35)29-12-14-32(3)4/h10-11,15-18H,5-9,12-14H2,1-4H3,(H,29,35). The number of hydrogen-bond acceptors (Lipinski definition) is 5. The molecule has 36 heavy (non-hydrogen) atoms. The molecular weight excluding hydrogens is 459 g/mol. The second-order valence-corrected chi connectivity index (χ2v) is 9.74. The van der Waals surface area contributed by atoms with Crippen molar-refractivity contribution in [3.8, 4) is 11.3 Å². The Morgan fingerprint density at radius 1 is 1.17 bits per heavy atom. The molecule has 0 spiro atoms. The minimum absolute atomic E-state index is 0.0693. The van der Waals surface area contributed by atoms with E-state index in [4.69, 9.17) is 0 Å². The number of nitrogens with zero attached hydrogens (tertiary/aromatic N) is 5. The van der Waals surface area contributed by atoms with Crippen LogP contribution in [0, 0.1) is 5.82 Å². The van der Waals surface area contributed by atoms with E-state index in [0.29, 0.717) is 36.5 Å². The number of hydrogen-bond donors (Lipinski definition) is 1. The highest BCUT2D eigenvalue weighted by Gasteiger charge is 2.25. The van der Waals surface area contributed by atoms with Crippen molar-refractivity contribution in [3.63, 3.8) is 0 Å². The van der Waals surface area contributed by atoms with Gasteiger partial charge in [-0.25, -0.2) is 13.9 Å². The Morgan fingerprint density at radius 3 is 2.69 bits per heavy atom. The number of benzene rings is 1. The van der Waals surface area contributed by atoms with Crippen LogP contribution in [0.2, 0.25) is 0 Å². The molecule has 1 aliphatic rings. The monoisotopic (exact) mass is 494 g/mol. The van der Waals surface area contributed by atoms with Gasteiger partial charge in [-0.1, -0.05) is 19.8 Å². The first-order valence-corrected chi connectivity index (χ1v) is 12.7. The molecule has 2 aromatic heterocycles. The van der Waals surface area contributed by atoms with Crippen molar-refractivity contribution in [2.24, 2.45) is 0 Å². The number of carbonyl (C=O) groups excluding carboxylic acids is 2. The van der Waals surface area contributed by atoms with Crippen molar-refractivity contribution in [2.45, 2.75) is 52.0 Å². The number of likely N-dealkylation sites (tertiary alicyclic amines) is 1. The molecule has 1 N–H and O–H groups in total. The fraction of sp³-hybridized carbons (Fsp3) is 0.481. The van der Waals surface area contributed by atoms with Crippen LogP contribution in [0.3, 0.4) is 0 Å². The molecule has 1 aliphatic heterocycles. The lowest BCUT2D eigenvalue weighted by molar-refractivity contribution is 0.0691. The van der Waals surface area contributed by atoms with Crippen LogP contribution in [0.15, 0.2) is 30.3 Å². The van der Waals surface area contributed by atoms with Crippen LogP contribution in [0.25, 0.3) is 16.9 Å². The van der Waals surface area contributed by atoms with Gasteiger partial charge in [-0.15, -0.1) is 0 Å². The fourth-order valence-electron chi connectivity index (χ4n) is 4.61. The predicted octanol–water partition coefficient (Wildman–Crippen LogP) is 3.79. The number of rotatable bonds is 7. The summed E-state index contributed by atoms with van der Waals surface area (Å²) in [5, 5.41) is 7.38. The van der Waals surface area contributed by atoms with Gasteiger partial charge in [0.2, 0.25) is 0 Å². The average Bonchev–Trinajstić information content (AvgIpc) is 3.16. The zero-order valence-corrected chi connectivity index (χ0v) is 21.6. The van der Waals surface area contributed by atoms with E-state index in [2.05, 4.69) is 22.3 Å². The molecule has 1 fully saturated rings. The van der Waals surface area contributed by atoms with Gasteiger partial charge < -0.3 is 15.1 Å². The van der Waals surface area contributed by atoms with Crippen molar-refractivity contribution >= 4 is 17.5 Å². The van der Waals surface area contributed by atoms with Crippen LogP contribution in [-0.4, -0.2) is 76.0 Å². The molecule has 9 heteroatoms. The highest BCUT2D eigenvalue weighted by atomic mass is 19.1. The van der Waals surface area contributed by atoms with Gasteiger partial charge in [0.25, 0.3) is 11.8 Å². The maximum absolute atomic E-state index is 15.1. The van der Waals surface area contributed by atoms with Crippen LogP contribution in [0.1, 0.15) is 66.1 Å². The summed E-state index contributed by atoms with van der Waals surface area (Å²) < 4.78 is 16.7. The molecule has 1 aromatic carbocycles. The van der Waals surface area contributed by atoms with Crippen molar-refractivity contribution in [1.29, 1.82) is 0 Å². The second-order valence-electron chi connectivity index (χ2n) is 9.74. The Hall–Kier alpha value is -3.33. The quantitative estimate of drug-likeness (QED) is 0.540. The van der Waals surface area contributed by atoms with Crippen LogP contribution < -0.4 is 5.32 Å². The highest BCUT2D eigenvalue weighted by Crippen LogP contribution is 2.25. The molecule has 192 valence electrons. The Morgan fingerprint density at radius 2 is 1.97 bits per heavy atom. The van der Waals surface area contributed by atoms with E-state index in [1.165, 1.54) is 6.07 Å². The van der Waals surface area contributed by atoms with Gasteiger partial charge in [0.15, 0.2) is 5.65 Å². The van der Waals surface area contributed by atoms with Crippen molar-refractivity contribution < 1.29 is 14.0 Å². The SMILES string of the molecule is CCc1cc(C(=O)N2CCCCCC2C)nc2cc(-c3ccc(C(=O)NCCN(C)C)cc3F)nn12. The number of amides is 2. The van der Waals surface area contributed by atoms with Crippen LogP contribution in [0.4, 0.5) is 4.39 Å². The van der Waals surface area contributed by atoms with Crippen molar-refractivity contribution in [2.75, 3.05) is 33.7 Å². The normalized spacial score (nSPS) is 16.4. The van der Waals surface area contributed by atoms with E-state index >= 15 is 4.39 Å². The number of likely N-dealkylation sites (N-methyl/N-ethyl adjacent to an activating group) is 1. The Balaban J connectivity index is 1.62. The molecule has 3 heterocycles. The zero-order chi connectivity index (χ0) is 25.8. The summed E-state index contributed by atoms with van der Waals surface area (Å²) in [6, 6.07) is 8.05. The van der Waals surface area contributed by atoms with Gasteiger partial charge in [0, 0.05) is 48.6 Å². The predicted molar refractivity (Wildman–Crippen MR) is 138 cm³/mol. The molecule has 1 atom stereocenters. The molecule has 8 nitrogen and oxygen atoms in total. The van der Waals surface area contributed by atoms with Gasteiger partial charge in [-0.3, -0.25) is 9.59 Å². The number of carbonyl (C=O) groups is 2. The molecular formula is C27H35FN6O2. The fourth-order valence-corrected chi connectivity index (χ4v) is 4.61. The number of fused-ring (bicyclic) bond motifs is 1. The number of nitrogens with one attached hydrogen (secondary N) is 1. The Labute approximate surface area is 211 Å². The molecule has 0 saturated carbocycles. The molecule has 0 bridgehead atoms. The minimum Gasteiger partial charge on any atom is -0.351 e. The molecule has 3 aromatic rings. The van der Waals surface area contributed by atoms with Crippen LogP contribution in [-0.2, 0) is 6.42 Å². The van der Waals surface area contributed by atoms with Gasteiger partial charge in [-0.05, 0) is 64.5 Å². The lowest BCUT2D eigenvalue weighted by Crippen LogP contribution is -2.38. The van der Waals surface area contributed by atoms with Gasteiger partial charge in [-0.2, -0.15) is 5.10 Å². The maximum atomic E-state index is 15.1. The minimum atomic E-state index is -0.536. The third-order valence-corrected chi connectivity index (χ3v) is 6.75. The summed E-state index contributed by atoms with van der Waals surface area (Å²) in [7, 11) is 3.84. The van der Waals surface area contributed by atoms with Gasteiger partial charge >= 0.3 is 0 Å². The zero-order valence-electron chi connectivity index (χ0n) is 21.6. The first-order valence-electron chi connectivity index (χ1n) is 12.7. The summed E-state index contributed by atoms with van der Waals surface area (Å²) in [5.41, 5.74) is 2.66. The van der Waals surface area contributed by atoms with Crippen LogP contribution in [0.5, 0.6) is 0 Å². The molecule has 0 aliphatic carbocycles. The lowest BCUT2D eigenvalue weighted by Gasteiger charge is -2.27. The van der Waals surface area contributed by atoms with E-state index < -0.39 is 5.82 Å². The second kappa shape index (κ2) is 11.2. The highest BCUT2D eigenvalue weighted by molar-refractivity contribution is 5.95. The number of halogens is 1. The van der Waals surface area contributed by atoms with E-state index in [-0.39, 0.29) is 29.0 Å². The van der Waals surface area contributed by atoms with Gasteiger partial charge in [0.05, 0.1) is 5.69 Å². The molecule has 0 radical (unpaired) electrons. The average molecular weight is 495 g/mol. The summed E-state index contributed by atoms with van der Waals surface area (Å²) in [4.78, 5) is 34.2. The largest absolute Gasteiger partial charge is 0.351 e. The van der Waals surface area contributed by atoms with Crippen LogP contribution >= 0.6 is 0 Å².